The van der Waals surface area contributed by atoms with Crippen LogP contribution in [0.15, 0.2) is 84.9 Å². The van der Waals surface area contributed by atoms with Crippen LogP contribution in [0.5, 0.6) is 0 Å². The van der Waals surface area contributed by atoms with Crippen LogP contribution in [-0.2, 0) is 22.6 Å². The number of halogens is 1. The molecule has 0 heterocycles. The van der Waals surface area contributed by atoms with Gasteiger partial charge in [-0.2, -0.15) is 0 Å². The molecule has 1 unspecified atom stereocenters. The van der Waals surface area contributed by atoms with Crippen molar-refractivity contribution in [2.24, 2.45) is 0 Å². The summed E-state index contributed by atoms with van der Waals surface area (Å²) in [6.45, 7) is 2.88. The minimum atomic E-state index is -0.783. The van der Waals surface area contributed by atoms with Gasteiger partial charge in [-0.15, -0.1) is 0 Å². The molecule has 0 saturated heterocycles. The van der Waals surface area contributed by atoms with Crippen molar-refractivity contribution in [3.8, 4) is 0 Å². The molecule has 4 nitrogen and oxygen atoms in total. The second-order valence-electron chi connectivity index (χ2n) is 8.12. The van der Waals surface area contributed by atoms with E-state index in [1.54, 1.807) is 17.0 Å². The second-order valence-corrected chi connectivity index (χ2v) is 8.12. The van der Waals surface area contributed by atoms with E-state index in [1.807, 2.05) is 60.7 Å². The highest BCUT2D eigenvalue weighted by Crippen LogP contribution is 2.25. The van der Waals surface area contributed by atoms with Crippen LogP contribution in [0.3, 0.4) is 0 Å². The Kier molecular flexibility index (Phi) is 9.19. The fraction of sp³-hybridized carbons (Fsp3) is 0.286. The van der Waals surface area contributed by atoms with E-state index in [2.05, 4.69) is 12.2 Å². The van der Waals surface area contributed by atoms with Gasteiger partial charge in [-0.05, 0) is 35.2 Å². The zero-order valence-corrected chi connectivity index (χ0v) is 19.0. The number of rotatable bonds is 11. The Morgan fingerprint density at radius 3 is 2.12 bits per heavy atom. The molecule has 0 aliphatic carbocycles. The van der Waals surface area contributed by atoms with Crippen LogP contribution in [0.2, 0.25) is 0 Å². The summed E-state index contributed by atoms with van der Waals surface area (Å²) in [5.74, 6) is -0.710. The van der Waals surface area contributed by atoms with E-state index in [9.17, 15) is 14.0 Å². The maximum absolute atomic E-state index is 13.6. The summed E-state index contributed by atoms with van der Waals surface area (Å²) in [5.41, 5.74) is 2.38. The van der Waals surface area contributed by atoms with Crippen molar-refractivity contribution in [1.82, 2.24) is 10.2 Å². The quantitative estimate of drug-likeness (QED) is 0.399. The molecule has 3 aromatic rings. The van der Waals surface area contributed by atoms with Crippen LogP contribution >= 0.6 is 0 Å². The van der Waals surface area contributed by atoms with Gasteiger partial charge in [0.2, 0.25) is 11.8 Å². The largest absolute Gasteiger partial charge is 0.354 e. The predicted molar refractivity (Wildman–Crippen MR) is 129 cm³/mol. The third-order valence-corrected chi connectivity index (χ3v) is 5.54. The summed E-state index contributed by atoms with van der Waals surface area (Å²) in [5, 5.41) is 3.02. The summed E-state index contributed by atoms with van der Waals surface area (Å²) in [6, 6.07) is 24.1. The van der Waals surface area contributed by atoms with Gasteiger partial charge in [0.1, 0.15) is 11.9 Å². The highest BCUT2D eigenvalue weighted by molar-refractivity contribution is 5.89. The maximum atomic E-state index is 13.6. The molecule has 2 amide bonds. The molecular formula is C28H31FN2O2. The topological polar surface area (TPSA) is 49.4 Å². The summed E-state index contributed by atoms with van der Waals surface area (Å²) in [7, 11) is 0. The van der Waals surface area contributed by atoms with E-state index in [-0.39, 0.29) is 30.6 Å². The van der Waals surface area contributed by atoms with Gasteiger partial charge in [0.25, 0.3) is 0 Å². The van der Waals surface area contributed by atoms with Crippen molar-refractivity contribution in [3.05, 3.63) is 107 Å². The molecule has 33 heavy (non-hydrogen) atoms. The molecule has 172 valence electrons. The molecule has 1 N–H and O–H groups in total. The molecule has 0 saturated carbocycles. The normalized spacial score (nSPS) is 11.6. The van der Waals surface area contributed by atoms with Crippen molar-refractivity contribution in [3.63, 3.8) is 0 Å². The first kappa shape index (κ1) is 24.2. The van der Waals surface area contributed by atoms with E-state index < -0.39 is 6.04 Å². The number of nitrogens with zero attached hydrogens (tertiary/aromatic N) is 1. The van der Waals surface area contributed by atoms with Gasteiger partial charge in [0.15, 0.2) is 0 Å². The molecule has 5 heteroatoms. The molecule has 0 aliphatic heterocycles. The first-order valence-corrected chi connectivity index (χ1v) is 11.5. The summed E-state index contributed by atoms with van der Waals surface area (Å²) < 4.78 is 13.5. The number of benzene rings is 3. The van der Waals surface area contributed by atoms with Gasteiger partial charge in [-0.1, -0.05) is 92.6 Å². The van der Waals surface area contributed by atoms with E-state index in [0.717, 1.165) is 36.0 Å². The summed E-state index contributed by atoms with van der Waals surface area (Å²) >= 11 is 0. The van der Waals surface area contributed by atoms with Crippen LogP contribution in [0.4, 0.5) is 4.39 Å². The summed E-state index contributed by atoms with van der Waals surface area (Å²) in [6.07, 6.45) is 3.15. The SMILES string of the molecule is CCCCCNC(=O)C(c1ccccc1)N(Cc1ccc(F)cc1)C(=O)Cc1ccccc1. The fourth-order valence-corrected chi connectivity index (χ4v) is 3.77. The van der Waals surface area contributed by atoms with E-state index in [1.165, 1.54) is 12.1 Å². The molecule has 3 aromatic carbocycles. The fourth-order valence-electron chi connectivity index (χ4n) is 3.77. The lowest BCUT2D eigenvalue weighted by Gasteiger charge is -2.32. The molecule has 0 aromatic heterocycles. The minimum Gasteiger partial charge on any atom is -0.354 e. The lowest BCUT2D eigenvalue weighted by molar-refractivity contribution is -0.141. The number of unbranched alkanes of at least 4 members (excludes halogenated alkanes) is 2. The third kappa shape index (κ3) is 7.28. The monoisotopic (exact) mass is 446 g/mol. The van der Waals surface area contributed by atoms with E-state index in [0.29, 0.717) is 6.54 Å². The van der Waals surface area contributed by atoms with Gasteiger partial charge < -0.3 is 10.2 Å². The number of amides is 2. The minimum absolute atomic E-state index is 0.164. The molecule has 0 bridgehead atoms. The van der Waals surface area contributed by atoms with Crippen molar-refractivity contribution in [2.45, 2.75) is 45.2 Å². The van der Waals surface area contributed by atoms with Gasteiger partial charge in [-0.3, -0.25) is 9.59 Å². The molecule has 0 fully saturated rings. The lowest BCUT2D eigenvalue weighted by Crippen LogP contribution is -2.44. The van der Waals surface area contributed by atoms with Crippen molar-refractivity contribution >= 4 is 11.8 Å². The Morgan fingerprint density at radius 2 is 1.48 bits per heavy atom. The standard InChI is InChI=1S/C28H31FN2O2/c1-2-3-10-19-30-28(33)27(24-13-8-5-9-14-24)31(21-23-15-17-25(29)18-16-23)26(32)20-22-11-6-4-7-12-22/h4-9,11-18,27H,2-3,10,19-21H2,1H3,(H,30,33). The van der Waals surface area contributed by atoms with E-state index >= 15 is 0 Å². The first-order chi connectivity index (χ1) is 16.1. The van der Waals surface area contributed by atoms with Crippen LogP contribution in [0.25, 0.3) is 0 Å². The number of nitrogens with one attached hydrogen (secondary N) is 1. The highest BCUT2D eigenvalue weighted by atomic mass is 19.1. The van der Waals surface area contributed by atoms with Gasteiger partial charge >= 0.3 is 0 Å². The average Bonchev–Trinajstić information content (AvgIpc) is 2.84. The molecule has 0 radical (unpaired) electrons. The Hall–Kier alpha value is -3.47. The van der Waals surface area contributed by atoms with Crippen molar-refractivity contribution in [1.29, 1.82) is 0 Å². The number of hydrogen-bond donors (Lipinski definition) is 1. The van der Waals surface area contributed by atoms with Gasteiger partial charge in [0, 0.05) is 13.1 Å². The van der Waals surface area contributed by atoms with Gasteiger partial charge in [-0.25, -0.2) is 4.39 Å². The Bertz CT molecular complexity index is 1010. The van der Waals surface area contributed by atoms with Crippen LogP contribution < -0.4 is 5.32 Å². The molecule has 0 spiro atoms. The Morgan fingerprint density at radius 1 is 0.848 bits per heavy atom. The van der Waals surface area contributed by atoms with Crippen molar-refractivity contribution < 1.29 is 14.0 Å². The number of hydrogen-bond acceptors (Lipinski definition) is 2. The van der Waals surface area contributed by atoms with Crippen LogP contribution in [0.1, 0.15) is 48.9 Å². The predicted octanol–water partition coefficient (Wildman–Crippen LogP) is 5.44. The maximum Gasteiger partial charge on any atom is 0.247 e. The third-order valence-electron chi connectivity index (χ3n) is 5.54. The summed E-state index contributed by atoms with van der Waals surface area (Å²) in [4.78, 5) is 28.5. The average molecular weight is 447 g/mol. The van der Waals surface area contributed by atoms with Gasteiger partial charge in [0.05, 0.1) is 6.42 Å². The van der Waals surface area contributed by atoms with Crippen LogP contribution in [-0.4, -0.2) is 23.3 Å². The Balaban J connectivity index is 1.93. The molecule has 0 aliphatic rings. The second kappa shape index (κ2) is 12.5. The molecular weight excluding hydrogens is 415 g/mol. The smallest absolute Gasteiger partial charge is 0.247 e. The lowest BCUT2D eigenvalue weighted by atomic mass is 10.0. The number of carbonyl (C=O) groups is 2. The Labute approximate surface area is 195 Å². The van der Waals surface area contributed by atoms with Crippen molar-refractivity contribution in [2.75, 3.05) is 6.54 Å². The zero-order chi connectivity index (χ0) is 23.5. The number of carbonyl (C=O) groups excluding carboxylic acids is 2. The van der Waals surface area contributed by atoms with Crippen LogP contribution in [0, 0.1) is 5.82 Å². The van der Waals surface area contributed by atoms with E-state index in [4.69, 9.17) is 0 Å². The molecule has 3 rings (SSSR count). The zero-order valence-electron chi connectivity index (χ0n) is 19.0. The highest BCUT2D eigenvalue weighted by Gasteiger charge is 2.31. The molecule has 1 atom stereocenters. The first-order valence-electron chi connectivity index (χ1n) is 11.5.